The number of amides is 1. The fraction of sp³-hybridized carbons (Fsp3) is 0.222. The van der Waals surface area contributed by atoms with Gasteiger partial charge in [-0.25, -0.2) is 4.79 Å². The van der Waals surface area contributed by atoms with Gasteiger partial charge in [-0.1, -0.05) is 24.3 Å². The van der Waals surface area contributed by atoms with Crippen molar-refractivity contribution in [2.45, 2.75) is 13.0 Å². The zero-order valence-corrected chi connectivity index (χ0v) is 13.7. The lowest BCUT2D eigenvalue weighted by molar-refractivity contribution is -0.124. The van der Waals surface area contributed by atoms with Gasteiger partial charge in [0.2, 0.25) is 0 Å². The fourth-order valence-electron chi connectivity index (χ4n) is 2.09. The second-order valence-corrected chi connectivity index (χ2v) is 5.22. The number of ether oxygens (including phenoxy) is 2. The maximum atomic E-state index is 12.1. The van der Waals surface area contributed by atoms with Crippen LogP contribution in [-0.2, 0) is 16.0 Å². The van der Waals surface area contributed by atoms with Crippen molar-refractivity contribution in [3.05, 3.63) is 59.7 Å². The molecule has 2 N–H and O–H groups in total. The molecule has 0 saturated heterocycles. The molecule has 0 unspecified atom stereocenters. The summed E-state index contributed by atoms with van der Waals surface area (Å²) in [7, 11) is 0. The van der Waals surface area contributed by atoms with Crippen LogP contribution in [0.2, 0.25) is 0 Å². The molecule has 0 saturated carbocycles. The summed E-state index contributed by atoms with van der Waals surface area (Å²) in [6, 6.07) is 11.9. The van der Waals surface area contributed by atoms with Gasteiger partial charge in [0.05, 0.1) is 0 Å². The van der Waals surface area contributed by atoms with Crippen LogP contribution in [0.25, 0.3) is 0 Å². The molecule has 0 spiro atoms. The zero-order valence-electron chi connectivity index (χ0n) is 13.7. The third-order valence-electron chi connectivity index (χ3n) is 3.34. The van der Waals surface area contributed by atoms with E-state index in [2.05, 4.69) is 10.1 Å². The van der Waals surface area contributed by atoms with Crippen molar-refractivity contribution in [1.29, 1.82) is 0 Å². The number of rotatable bonds is 8. The highest BCUT2D eigenvalue weighted by Crippen LogP contribution is 2.16. The summed E-state index contributed by atoms with van der Waals surface area (Å²) >= 11 is 0. The van der Waals surface area contributed by atoms with Crippen molar-refractivity contribution < 1.29 is 33.0 Å². The second-order valence-electron chi connectivity index (χ2n) is 5.22. The van der Waals surface area contributed by atoms with Crippen LogP contribution in [0, 0.1) is 0 Å². The Morgan fingerprint density at radius 1 is 1.08 bits per heavy atom. The number of halogens is 2. The smallest absolute Gasteiger partial charge is 0.387 e. The molecule has 8 heteroatoms. The largest absolute Gasteiger partial charge is 0.507 e. The number of hydrogen-bond acceptors (Lipinski definition) is 5. The molecule has 0 heterocycles. The summed E-state index contributed by atoms with van der Waals surface area (Å²) in [4.78, 5) is 23.4. The van der Waals surface area contributed by atoms with Crippen molar-refractivity contribution in [1.82, 2.24) is 5.32 Å². The highest BCUT2D eigenvalue weighted by Gasteiger charge is 2.13. The lowest BCUT2D eigenvalue weighted by atomic mass is 10.1. The van der Waals surface area contributed by atoms with E-state index >= 15 is 0 Å². The van der Waals surface area contributed by atoms with Crippen LogP contribution in [0.15, 0.2) is 48.5 Å². The molecular formula is C18H17F2NO5. The van der Waals surface area contributed by atoms with E-state index in [9.17, 15) is 23.5 Å². The Morgan fingerprint density at radius 2 is 1.77 bits per heavy atom. The van der Waals surface area contributed by atoms with Gasteiger partial charge in [0, 0.05) is 6.54 Å². The van der Waals surface area contributed by atoms with Crippen LogP contribution in [0.1, 0.15) is 15.9 Å². The Kier molecular flexibility index (Phi) is 6.90. The summed E-state index contributed by atoms with van der Waals surface area (Å²) in [6.07, 6.45) is 0.466. The van der Waals surface area contributed by atoms with Gasteiger partial charge in [-0.15, -0.1) is 0 Å². The van der Waals surface area contributed by atoms with E-state index in [0.29, 0.717) is 6.42 Å². The summed E-state index contributed by atoms with van der Waals surface area (Å²) in [5.41, 5.74) is 0.796. The van der Waals surface area contributed by atoms with Crippen molar-refractivity contribution in [2.75, 3.05) is 13.2 Å². The van der Waals surface area contributed by atoms with E-state index in [-0.39, 0.29) is 23.6 Å². The number of aromatic hydroxyl groups is 1. The van der Waals surface area contributed by atoms with Crippen molar-refractivity contribution >= 4 is 11.9 Å². The minimum absolute atomic E-state index is 0.0218. The maximum Gasteiger partial charge on any atom is 0.387 e. The van der Waals surface area contributed by atoms with Crippen LogP contribution in [0.4, 0.5) is 8.78 Å². The van der Waals surface area contributed by atoms with Gasteiger partial charge in [-0.3, -0.25) is 4.79 Å². The SMILES string of the molecule is O=C(COC(=O)c1ccccc1O)NCCc1ccc(OC(F)F)cc1. The number of nitrogens with one attached hydrogen (secondary N) is 1. The Bertz CT molecular complexity index is 750. The maximum absolute atomic E-state index is 12.1. The molecule has 2 aromatic carbocycles. The number of carbonyl (C=O) groups excluding carboxylic acids is 2. The molecule has 0 fully saturated rings. The van der Waals surface area contributed by atoms with Gasteiger partial charge < -0.3 is 19.9 Å². The number of para-hydroxylation sites is 1. The predicted octanol–water partition coefficient (Wildman–Crippen LogP) is 2.51. The first-order valence-corrected chi connectivity index (χ1v) is 7.71. The molecule has 0 aromatic heterocycles. The number of phenolic OH excluding ortho intramolecular Hbond substituents is 1. The molecule has 0 aliphatic carbocycles. The topological polar surface area (TPSA) is 84.9 Å². The van der Waals surface area contributed by atoms with Crippen LogP contribution >= 0.6 is 0 Å². The third kappa shape index (κ3) is 6.04. The van der Waals surface area contributed by atoms with Crippen LogP contribution < -0.4 is 10.1 Å². The lowest BCUT2D eigenvalue weighted by Crippen LogP contribution is -2.30. The van der Waals surface area contributed by atoms with Crippen LogP contribution in [-0.4, -0.2) is 36.7 Å². The molecule has 6 nitrogen and oxygen atoms in total. The van der Waals surface area contributed by atoms with Crippen molar-refractivity contribution in [3.63, 3.8) is 0 Å². The van der Waals surface area contributed by atoms with Gasteiger partial charge in [0.25, 0.3) is 5.91 Å². The highest BCUT2D eigenvalue weighted by atomic mass is 19.3. The minimum Gasteiger partial charge on any atom is -0.507 e. The normalized spacial score (nSPS) is 10.4. The van der Waals surface area contributed by atoms with Crippen molar-refractivity contribution in [3.8, 4) is 11.5 Å². The minimum atomic E-state index is -2.87. The molecule has 0 aliphatic heterocycles. The molecule has 0 radical (unpaired) electrons. The van der Waals surface area contributed by atoms with Gasteiger partial charge in [0.15, 0.2) is 6.61 Å². The van der Waals surface area contributed by atoms with E-state index in [1.807, 2.05) is 0 Å². The molecule has 0 atom stereocenters. The van der Waals surface area contributed by atoms with E-state index in [1.54, 1.807) is 24.3 Å². The third-order valence-corrected chi connectivity index (χ3v) is 3.34. The molecule has 138 valence electrons. The average Bonchev–Trinajstić information content (AvgIpc) is 2.61. The van der Waals surface area contributed by atoms with Gasteiger partial charge in [0.1, 0.15) is 17.1 Å². The summed E-state index contributed by atoms with van der Waals surface area (Å²) < 4.78 is 33.2. The molecule has 0 aliphatic rings. The van der Waals surface area contributed by atoms with Gasteiger partial charge in [-0.2, -0.15) is 8.78 Å². The first-order valence-electron chi connectivity index (χ1n) is 7.71. The quantitative estimate of drug-likeness (QED) is 0.702. The van der Waals surface area contributed by atoms with Gasteiger partial charge in [-0.05, 0) is 36.2 Å². The Labute approximate surface area is 148 Å². The fourth-order valence-corrected chi connectivity index (χ4v) is 2.09. The molecule has 1 amide bonds. The summed E-state index contributed by atoms with van der Waals surface area (Å²) in [6.45, 7) is -3.07. The summed E-state index contributed by atoms with van der Waals surface area (Å²) in [5, 5.41) is 12.1. The van der Waals surface area contributed by atoms with Crippen LogP contribution in [0.3, 0.4) is 0 Å². The number of esters is 1. The Hall–Kier alpha value is -3.16. The number of alkyl halides is 2. The number of phenols is 1. The van der Waals surface area contributed by atoms with Crippen molar-refractivity contribution in [2.24, 2.45) is 0 Å². The number of benzene rings is 2. The predicted molar refractivity (Wildman–Crippen MR) is 88.2 cm³/mol. The zero-order chi connectivity index (χ0) is 18.9. The molecule has 2 rings (SSSR count). The Morgan fingerprint density at radius 3 is 2.42 bits per heavy atom. The number of hydrogen-bond donors (Lipinski definition) is 2. The first kappa shape index (κ1) is 19.2. The van der Waals surface area contributed by atoms with E-state index in [0.717, 1.165) is 5.56 Å². The monoisotopic (exact) mass is 365 g/mol. The lowest BCUT2D eigenvalue weighted by Gasteiger charge is -2.08. The molecule has 2 aromatic rings. The molecular weight excluding hydrogens is 348 g/mol. The van der Waals surface area contributed by atoms with E-state index in [4.69, 9.17) is 4.74 Å². The molecule has 0 bridgehead atoms. The Balaban J connectivity index is 1.70. The highest BCUT2D eigenvalue weighted by molar-refractivity contribution is 5.93. The van der Waals surface area contributed by atoms with E-state index in [1.165, 1.54) is 24.3 Å². The molecule has 26 heavy (non-hydrogen) atoms. The van der Waals surface area contributed by atoms with E-state index < -0.39 is 25.1 Å². The number of carbonyl (C=O) groups is 2. The van der Waals surface area contributed by atoms with Crippen LogP contribution in [0.5, 0.6) is 11.5 Å². The standard InChI is InChI=1S/C18H17F2NO5/c19-18(20)26-13-7-5-12(6-8-13)9-10-21-16(23)11-25-17(24)14-3-1-2-4-15(14)22/h1-8,18,22H,9-11H2,(H,21,23). The summed E-state index contributed by atoms with van der Waals surface area (Å²) in [5.74, 6) is -1.46. The second kappa shape index (κ2) is 9.36. The first-order chi connectivity index (χ1) is 12.5. The van der Waals surface area contributed by atoms with Gasteiger partial charge >= 0.3 is 12.6 Å². The average molecular weight is 365 g/mol.